The van der Waals surface area contributed by atoms with Crippen molar-refractivity contribution >= 4 is 0 Å². The SMILES string of the molecule is CC(CNCC(C)(C)CCO)c1ccccc1. The first-order chi connectivity index (χ1) is 8.05. The maximum atomic E-state index is 8.96. The minimum absolute atomic E-state index is 0.172. The molecule has 0 bridgehead atoms. The number of rotatable bonds is 7. The molecular weight excluding hydrogens is 210 g/mol. The van der Waals surface area contributed by atoms with E-state index in [-0.39, 0.29) is 12.0 Å². The van der Waals surface area contributed by atoms with Gasteiger partial charge < -0.3 is 10.4 Å². The number of aliphatic hydroxyl groups is 1. The summed E-state index contributed by atoms with van der Waals surface area (Å²) in [5, 5.41) is 12.5. The van der Waals surface area contributed by atoms with Crippen LogP contribution in [-0.2, 0) is 0 Å². The van der Waals surface area contributed by atoms with Crippen molar-refractivity contribution in [3.63, 3.8) is 0 Å². The molecule has 1 atom stereocenters. The first-order valence-corrected chi connectivity index (χ1v) is 6.42. The summed E-state index contributed by atoms with van der Waals surface area (Å²) >= 11 is 0. The molecule has 0 saturated heterocycles. The summed E-state index contributed by atoms with van der Waals surface area (Å²) in [7, 11) is 0. The fraction of sp³-hybridized carbons (Fsp3) is 0.600. The average molecular weight is 235 g/mol. The van der Waals surface area contributed by atoms with Crippen LogP contribution < -0.4 is 5.32 Å². The second kappa shape index (κ2) is 6.77. The Morgan fingerprint density at radius 1 is 1.24 bits per heavy atom. The van der Waals surface area contributed by atoms with E-state index in [1.165, 1.54) is 5.56 Å². The monoisotopic (exact) mass is 235 g/mol. The lowest BCUT2D eigenvalue weighted by atomic mass is 9.89. The summed E-state index contributed by atoms with van der Waals surface area (Å²) in [4.78, 5) is 0. The summed E-state index contributed by atoms with van der Waals surface area (Å²) in [6.45, 7) is 8.81. The van der Waals surface area contributed by atoms with Gasteiger partial charge in [0, 0.05) is 19.7 Å². The van der Waals surface area contributed by atoms with E-state index in [0.29, 0.717) is 5.92 Å². The van der Waals surface area contributed by atoms with Crippen molar-refractivity contribution in [3.05, 3.63) is 35.9 Å². The zero-order valence-corrected chi connectivity index (χ0v) is 11.2. The number of aliphatic hydroxyl groups excluding tert-OH is 1. The Balaban J connectivity index is 2.32. The molecule has 1 aromatic carbocycles. The lowest BCUT2D eigenvalue weighted by Crippen LogP contribution is -2.32. The maximum Gasteiger partial charge on any atom is 0.0436 e. The summed E-state index contributed by atoms with van der Waals surface area (Å²) in [5.41, 5.74) is 1.55. The van der Waals surface area contributed by atoms with Crippen molar-refractivity contribution in [1.29, 1.82) is 0 Å². The highest BCUT2D eigenvalue weighted by Gasteiger charge is 2.16. The van der Waals surface area contributed by atoms with Gasteiger partial charge in [0.2, 0.25) is 0 Å². The lowest BCUT2D eigenvalue weighted by Gasteiger charge is -2.25. The molecule has 0 aliphatic heterocycles. The van der Waals surface area contributed by atoms with E-state index >= 15 is 0 Å². The van der Waals surface area contributed by atoms with Gasteiger partial charge in [-0.25, -0.2) is 0 Å². The van der Waals surface area contributed by atoms with Crippen molar-refractivity contribution < 1.29 is 5.11 Å². The largest absolute Gasteiger partial charge is 0.396 e. The molecule has 1 rings (SSSR count). The summed E-state index contributed by atoms with van der Waals surface area (Å²) in [6.07, 6.45) is 0.847. The molecular formula is C15H25NO. The fourth-order valence-electron chi connectivity index (χ4n) is 1.92. The number of benzene rings is 1. The molecule has 2 N–H and O–H groups in total. The Kier molecular flexibility index (Phi) is 5.66. The van der Waals surface area contributed by atoms with Gasteiger partial charge in [0.25, 0.3) is 0 Å². The first-order valence-electron chi connectivity index (χ1n) is 6.42. The Morgan fingerprint density at radius 2 is 1.88 bits per heavy atom. The van der Waals surface area contributed by atoms with Crippen LogP contribution >= 0.6 is 0 Å². The molecule has 0 radical (unpaired) electrons. The standard InChI is InChI=1S/C15H25NO/c1-13(14-7-5-4-6-8-14)11-16-12-15(2,3)9-10-17/h4-8,13,16-17H,9-12H2,1-3H3. The van der Waals surface area contributed by atoms with Crippen LogP contribution in [0.5, 0.6) is 0 Å². The summed E-state index contributed by atoms with van der Waals surface area (Å²) in [5.74, 6) is 0.529. The number of nitrogens with one attached hydrogen (secondary N) is 1. The second-order valence-electron chi connectivity index (χ2n) is 5.58. The lowest BCUT2D eigenvalue weighted by molar-refractivity contribution is 0.207. The summed E-state index contributed by atoms with van der Waals surface area (Å²) < 4.78 is 0. The van der Waals surface area contributed by atoms with Gasteiger partial charge in [-0.15, -0.1) is 0 Å². The van der Waals surface area contributed by atoms with Crippen molar-refractivity contribution in [2.24, 2.45) is 5.41 Å². The van der Waals surface area contributed by atoms with Gasteiger partial charge in [-0.05, 0) is 23.3 Å². The third kappa shape index (κ3) is 5.33. The van der Waals surface area contributed by atoms with Gasteiger partial charge in [-0.2, -0.15) is 0 Å². The molecule has 0 aliphatic carbocycles. The van der Waals surface area contributed by atoms with Crippen LogP contribution in [-0.4, -0.2) is 24.8 Å². The topological polar surface area (TPSA) is 32.3 Å². The zero-order valence-electron chi connectivity index (χ0n) is 11.2. The Labute approximate surface area is 105 Å². The Bertz CT molecular complexity index is 308. The molecule has 0 aliphatic rings. The number of hydrogen-bond donors (Lipinski definition) is 2. The van der Waals surface area contributed by atoms with E-state index in [2.05, 4.69) is 50.4 Å². The van der Waals surface area contributed by atoms with Crippen LogP contribution in [0, 0.1) is 5.41 Å². The Morgan fingerprint density at radius 3 is 2.47 bits per heavy atom. The van der Waals surface area contributed by atoms with Crippen LogP contribution in [0.15, 0.2) is 30.3 Å². The third-order valence-electron chi connectivity index (χ3n) is 3.21. The molecule has 0 spiro atoms. The van der Waals surface area contributed by atoms with E-state index in [0.717, 1.165) is 19.5 Å². The number of hydrogen-bond acceptors (Lipinski definition) is 2. The molecule has 2 nitrogen and oxygen atoms in total. The quantitative estimate of drug-likeness (QED) is 0.761. The molecule has 17 heavy (non-hydrogen) atoms. The highest BCUT2D eigenvalue weighted by Crippen LogP contribution is 2.19. The molecule has 0 amide bonds. The smallest absolute Gasteiger partial charge is 0.0436 e. The fourth-order valence-corrected chi connectivity index (χ4v) is 1.92. The van der Waals surface area contributed by atoms with Gasteiger partial charge in [0.05, 0.1) is 0 Å². The van der Waals surface area contributed by atoms with Crippen molar-refractivity contribution in [2.75, 3.05) is 19.7 Å². The van der Waals surface area contributed by atoms with Gasteiger partial charge in [-0.3, -0.25) is 0 Å². The van der Waals surface area contributed by atoms with E-state index in [4.69, 9.17) is 5.11 Å². The molecule has 0 saturated carbocycles. The van der Waals surface area contributed by atoms with Crippen LogP contribution in [0.3, 0.4) is 0 Å². The first kappa shape index (κ1) is 14.2. The van der Waals surface area contributed by atoms with Gasteiger partial charge in [0.15, 0.2) is 0 Å². The molecule has 0 aromatic heterocycles. The molecule has 0 heterocycles. The van der Waals surface area contributed by atoms with Crippen molar-refractivity contribution in [3.8, 4) is 0 Å². The highest BCUT2D eigenvalue weighted by molar-refractivity contribution is 5.18. The van der Waals surface area contributed by atoms with Crippen LogP contribution in [0.1, 0.15) is 38.7 Å². The van der Waals surface area contributed by atoms with Gasteiger partial charge >= 0.3 is 0 Å². The normalized spacial score (nSPS) is 13.6. The molecule has 2 heteroatoms. The van der Waals surface area contributed by atoms with Crippen LogP contribution in [0.25, 0.3) is 0 Å². The Hall–Kier alpha value is -0.860. The van der Waals surface area contributed by atoms with Crippen molar-refractivity contribution in [1.82, 2.24) is 5.32 Å². The van der Waals surface area contributed by atoms with Gasteiger partial charge in [-0.1, -0.05) is 51.1 Å². The zero-order chi connectivity index (χ0) is 12.7. The minimum Gasteiger partial charge on any atom is -0.396 e. The molecule has 1 aromatic rings. The van der Waals surface area contributed by atoms with E-state index < -0.39 is 0 Å². The maximum absolute atomic E-state index is 8.96. The predicted octanol–water partition coefficient (Wildman–Crippen LogP) is 2.79. The predicted molar refractivity (Wildman–Crippen MR) is 73.2 cm³/mol. The van der Waals surface area contributed by atoms with Crippen molar-refractivity contribution in [2.45, 2.75) is 33.1 Å². The second-order valence-corrected chi connectivity index (χ2v) is 5.58. The highest BCUT2D eigenvalue weighted by atomic mass is 16.3. The molecule has 1 unspecified atom stereocenters. The van der Waals surface area contributed by atoms with E-state index in [1.807, 2.05) is 6.07 Å². The molecule has 96 valence electrons. The molecule has 0 fully saturated rings. The van der Waals surface area contributed by atoms with E-state index in [1.54, 1.807) is 0 Å². The average Bonchev–Trinajstić information content (AvgIpc) is 2.29. The van der Waals surface area contributed by atoms with E-state index in [9.17, 15) is 0 Å². The third-order valence-corrected chi connectivity index (χ3v) is 3.21. The summed E-state index contributed by atoms with van der Waals surface area (Å²) in [6, 6.07) is 10.6. The minimum atomic E-state index is 0.172. The van der Waals surface area contributed by atoms with Crippen LogP contribution in [0.4, 0.5) is 0 Å². The van der Waals surface area contributed by atoms with Crippen LogP contribution in [0.2, 0.25) is 0 Å². The van der Waals surface area contributed by atoms with Gasteiger partial charge in [0.1, 0.15) is 0 Å².